The molecule has 0 radical (unpaired) electrons. The van der Waals surface area contributed by atoms with Crippen molar-refractivity contribution >= 4 is 11.7 Å². The standard InChI is InChI=1S/C23H21N5O2/c1-28-15-7-8-18(28)19-16(9-15)17(10-24)21(27)23(11-25,12-26)20(19)13-3-5-14(6-4-13)22(29)30-2/h3-6,9,15,17-20,27H,7-8H2,1-2H3/p+1/t15-,17?,18+,19+,20+/m0/s1. The number of nitriles is 3. The van der Waals surface area contributed by atoms with Gasteiger partial charge in [-0.15, -0.1) is 0 Å². The molecule has 3 aliphatic rings. The average Bonchev–Trinajstić information content (AvgIpc) is 3.01. The number of nitrogens with one attached hydrogen (secondary N) is 2. The summed E-state index contributed by atoms with van der Waals surface area (Å²) in [6.45, 7) is 0. The Balaban J connectivity index is 1.92. The molecule has 150 valence electrons. The molecule has 2 fully saturated rings. The number of esters is 1. The van der Waals surface area contributed by atoms with E-state index in [0.717, 1.165) is 24.0 Å². The van der Waals surface area contributed by atoms with E-state index in [0.29, 0.717) is 11.6 Å². The predicted molar refractivity (Wildman–Crippen MR) is 106 cm³/mol. The Hall–Kier alpha value is -3.47. The summed E-state index contributed by atoms with van der Waals surface area (Å²) in [7, 11) is 3.43. The summed E-state index contributed by atoms with van der Waals surface area (Å²) >= 11 is 0. The van der Waals surface area contributed by atoms with Gasteiger partial charge in [-0.2, -0.15) is 15.8 Å². The fourth-order valence-corrected chi connectivity index (χ4v) is 5.71. The number of carbonyl (C=O) groups is 1. The molecular formula is C23H22N5O2+. The van der Waals surface area contributed by atoms with Gasteiger partial charge in [0.15, 0.2) is 5.41 Å². The Bertz CT molecular complexity index is 1050. The Morgan fingerprint density at radius 2 is 1.87 bits per heavy atom. The first-order valence-corrected chi connectivity index (χ1v) is 9.97. The van der Waals surface area contributed by atoms with Crippen LogP contribution in [0.15, 0.2) is 35.9 Å². The van der Waals surface area contributed by atoms with Crippen LogP contribution in [-0.2, 0) is 4.74 Å². The molecule has 4 rings (SSSR count). The number of nitrogens with zero attached hydrogens (tertiary/aromatic N) is 3. The van der Waals surface area contributed by atoms with Gasteiger partial charge in [0.05, 0.1) is 49.7 Å². The van der Waals surface area contributed by atoms with Crippen LogP contribution >= 0.6 is 0 Å². The first-order chi connectivity index (χ1) is 14.4. The molecule has 30 heavy (non-hydrogen) atoms. The van der Waals surface area contributed by atoms with Crippen LogP contribution in [-0.4, -0.2) is 37.9 Å². The summed E-state index contributed by atoms with van der Waals surface area (Å²) in [6, 6.07) is 13.6. The maximum atomic E-state index is 11.8. The number of quaternary nitrogens is 1. The second kappa shape index (κ2) is 7.10. The minimum absolute atomic E-state index is 0.140. The van der Waals surface area contributed by atoms with Gasteiger partial charge in [-0.05, 0) is 29.3 Å². The largest absolute Gasteiger partial charge is 0.465 e. The van der Waals surface area contributed by atoms with Crippen LogP contribution in [0.4, 0.5) is 0 Å². The van der Waals surface area contributed by atoms with Gasteiger partial charge in [0.1, 0.15) is 12.0 Å². The zero-order valence-corrected chi connectivity index (χ0v) is 16.8. The van der Waals surface area contributed by atoms with Gasteiger partial charge in [-0.25, -0.2) is 4.79 Å². The Kier molecular flexibility index (Phi) is 4.69. The molecule has 1 aliphatic carbocycles. The summed E-state index contributed by atoms with van der Waals surface area (Å²) in [6.07, 6.45) is 4.04. The van der Waals surface area contributed by atoms with E-state index in [1.165, 1.54) is 12.0 Å². The molecule has 2 unspecified atom stereocenters. The van der Waals surface area contributed by atoms with Crippen LogP contribution in [0.5, 0.6) is 0 Å². The maximum absolute atomic E-state index is 11.8. The van der Waals surface area contributed by atoms with Crippen molar-refractivity contribution < 1.29 is 14.4 Å². The minimum Gasteiger partial charge on any atom is -0.465 e. The highest BCUT2D eigenvalue weighted by Crippen LogP contribution is 2.55. The van der Waals surface area contributed by atoms with Crippen LogP contribution in [0, 0.1) is 56.7 Å². The Morgan fingerprint density at radius 1 is 1.20 bits per heavy atom. The number of methoxy groups -OCH3 is 1. The molecule has 0 amide bonds. The van der Waals surface area contributed by atoms with Crippen LogP contribution in [0.25, 0.3) is 0 Å². The van der Waals surface area contributed by atoms with E-state index in [4.69, 9.17) is 10.1 Å². The first-order valence-electron chi connectivity index (χ1n) is 9.97. The Labute approximate surface area is 175 Å². The van der Waals surface area contributed by atoms with E-state index in [1.807, 2.05) is 0 Å². The van der Waals surface area contributed by atoms with Crippen molar-refractivity contribution in [2.75, 3.05) is 14.2 Å². The molecule has 0 aromatic heterocycles. The van der Waals surface area contributed by atoms with E-state index >= 15 is 0 Å². The third kappa shape index (κ3) is 2.51. The lowest BCUT2D eigenvalue weighted by atomic mass is 9.53. The number of hydrogen-bond acceptors (Lipinski definition) is 6. The average molecular weight is 400 g/mol. The lowest BCUT2D eigenvalue weighted by Gasteiger charge is -2.48. The molecule has 2 aliphatic heterocycles. The highest BCUT2D eigenvalue weighted by Gasteiger charge is 2.62. The SMILES string of the molecule is COC(=O)c1ccc([C@@H]2[C@@H]3C(=C[C@@H]4CC[C@H]3[NH+]4C)C(C#N)C(=N)C2(C#N)C#N)cc1. The summed E-state index contributed by atoms with van der Waals surface area (Å²) in [5, 5.41) is 38.8. The third-order valence-electron chi connectivity index (χ3n) is 7.22. The molecule has 0 spiro atoms. The highest BCUT2D eigenvalue weighted by molar-refractivity contribution is 6.01. The summed E-state index contributed by atoms with van der Waals surface area (Å²) < 4.78 is 4.76. The lowest BCUT2D eigenvalue weighted by molar-refractivity contribution is -0.916. The van der Waals surface area contributed by atoms with Gasteiger partial charge in [0.2, 0.25) is 0 Å². The number of rotatable bonds is 2. The third-order valence-corrected chi connectivity index (χ3v) is 7.22. The van der Waals surface area contributed by atoms with Crippen molar-refractivity contribution in [3.8, 4) is 18.2 Å². The summed E-state index contributed by atoms with van der Waals surface area (Å²) in [5.74, 6) is -2.08. The molecule has 1 aromatic rings. The molecule has 2 N–H and O–H groups in total. The monoisotopic (exact) mass is 400 g/mol. The number of benzene rings is 1. The topological polar surface area (TPSA) is 126 Å². The molecular weight excluding hydrogens is 378 g/mol. The normalized spacial score (nSPS) is 33.3. The number of carbonyl (C=O) groups excluding carboxylic acids is 1. The Morgan fingerprint density at radius 3 is 2.43 bits per heavy atom. The van der Waals surface area contributed by atoms with Crippen molar-refractivity contribution in [3.63, 3.8) is 0 Å². The molecule has 7 nitrogen and oxygen atoms in total. The van der Waals surface area contributed by atoms with Gasteiger partial charge in [-0.3, -0.25) is 0 Å². The lowest BCUT2D eigenvalue weighted by Crippen LogP contribution is -3.15. The van der Waals surface area contributed by atoms with Gasteiger partial charge < -0.3 is 15.0 Å². The zero-order chi connectivity index (χ0) is 21.6. The zero-order valence-electron chi connectivity index (χ0n) is 16.8. The minimum atomic E-state index is -1.73. The van der Waals surface area contributed by atoms with Crippen LogP contribution in [0.3, 0.4) is 0 Å². The number of ether oxygens (including phenoxy) is 1. The van der Waals surface area contributed by atoms with E-state index in [1.54, 1.807) is 24.3 Å². The van der Waals surface area contributed by atoms with Crippen LogP contribution in [0.1, 0.15) is 34.7 Å². The van der Waals surface area contributed by atoms with Crippen LogP contribution in [0.2, 0.25) is 0 Å². The van der Waals surface area contributed by atoms with Gasteiger partial charge in [-0.1, -0.05) is 12.1 Å². The quantitative estimate of drug-likeness (QED) is 0.573. The van der Waals surface area contributed by atoms with E-state index in [9.17, 15) is 20.6 Å². The number of fused-ring (bicyclic) bond motifs is 4. The van der Waals surface area contributed by atoms with Gasteiger partial charge >= 0.3 is 5.97 Å². The van der Waals surface area contributed by atoms with Crippen molar-refractivity contribution in [2.45, 2.75) is 30.8 Å². The number of likely N-dealkylation sites (N-methyl/N-ethyl adjacent to an activating group) is 1. The first kappa shape index (κ1) is 19.8. The molecule has 2 heterocycles. The highest BCUT2D eigenvalue weighted by atomic mass is 16.5. The molecule has 1 saturated heterocycles. The van der Waals surface area contributed by atoms with Gasteiger partial charge in [0, 0.05) is 24.7 Å². The van der Waals surface area contributed by atoms with E-state index in [-0.39, 0.29) is 17.7 Å². The molecule has 6 atom stereocenters. The summed E-state index contributed by atoms with van der Waals surface area (Å²) in [4.78, 5) is 13.2. The van der Waals surface area contributed by atoms with Crippen molar-refractivity contribution in [1.82, 2.24) is 0 Å². The van der Waals surface area contributed by atoms with Crippen molar-refractivity contribution in [2.24, 2.45) is 17.3 Å². The fraction of sp³-hybridized carbons (Fsp3) is 0.435. The maximum Gasteiger partial charge on any atom is 0.337 e. The van der Waals surface area contributed by atoms with Crippen LogP contribution < -0.4 is 4.90 Å². The van der Waals surface area contributed by atoms with Gasteiger partial charge in [0.25, 0.3) is 0 Å². The van der Waals surface area contributed by atoms with Crippen molar-refractivity contribution in [1.29, 1.82) is 21.2 Å². The van der Waals surface area contributed by atoms with Crippen molar-refractivity contribution in [3.05, 3.63) is 47.0 Å². The predicted octanol–water partition coefficient (Wildman–Crippen LogP) is 1.37. The summed E-state index contributed by atoms with van der Waals surface area (Å²) in [5.41, 5.74) is 0.109. The van der Waals surface area contributed by atoms with E-state index in [2.05, 4.69) is 31.3 Å². The molecule has 2 bridgehead atoms. The molecule has 1 saturated carbocycles. The molecule has 1 aromatic carbocycles. The molecule has 7 heteroatoms. The number of hydrogen-bond donors (Lipinski definition) is 2. The van der Waals surface area contributed by atoms with E-state index < -0.39 is 23.2 Å². The second-order valence-electron chi connectivity index (χ2n) is 8.33. The second-order valence-corrected chi connectivity index (χ2v) is 8.33. The fourth-order valence-electron chi connectivity index (χ4n) is 5.71. The smallest absolute Gasteiger partial charge is 0.337 e.